The van der Waals surface area contributed by atoms with E-state index in [0.717, 1.165) is 0 Å². The lowest BCUT2D eigenvalue weighted by molar-refractivity contribution is -0.121. The molecule has 6 nitrogen and oxygen atoms in total. The number of carbonyl (C=O) groups excluding carboxylic acids is 3. The summed E-state index contributed by atoms with van der Waals surface area (Å²) < 4.78 is 0. The molecule has 3 amide bonds. The molecule has 1 aliphatic rings. The zero-order valence-electron chi connectivity index (χ0n) is 16.1. The molecule has 8 heteroatoms. The highest BCUT2D eigenvalue weighted by Crippen LogP contribution is 2.36. The summed E-state index contributed by atoms with van der Waals surface area (Å²) >= 11 is 12.0. The molecule has 1 heterocycles. The monoisotopic (exact) mass is 453 g/mol. The highest BCUT2D eigenvalue weighted by Gasteiger charge is 2.48. The van der Waals surface area contributed by atoms with Gasteiger partial charge in [0.15, 0.2) is 5.54 Å². The maximum atomic E-state index is 13.1. The molecule has 3 aromatic carbocycles. The molecule has 3 aromatic rings. The second kappa shape index (κ2) is 8.41. The summed E-state index contributed by atoms with van der Waals surface area (Å²) in [6.07, 6.45) is 0. The Balaban J connectivity index is 1.66. The van der Waals surface area contributed by atoms with Crippen LogP contribution in [-0.4, -0.2) is 24.3 Å². The van der Waals surface area contributed by atoms with Gasteiger partial charge < -0.3 is 16.0 Å². The van der Waals surface area contributed by atoms with Crippen molar-refractivity contribution in [3.8, 4) is 0 Å². The van der Waals surface area contributed by atoms with Crippen LogP contribution in [-0.2, 0) is 10.3 Å². The lowest BCUT2D eigenvalue weighted by atomic mass is 9.90. The summed E-state index contributed by atoms with van der Waals surface area (Å²) in [6, 6.07) is 19.9. The Morgan fingerprint density at radius 1 is 0.839 bits per heavy atom. The van der Waals surface area contributed by atoms with Crippen molar-refractivity contribution in [2.75, 3.05) is 11.9 Å². The number of fused-ring (bicyclic) bond motifs is 1. The first-order valence-corrected chi connectivity index (χ1v) is 10.2. The molecule has 1 aliphatic heterocycles. The van der Waals surface area contributed by atoms with Crippen LogP contribution in [0.4, 0.5) is 5.69 Å². The molecule has 4 rings (SSSR count). The maximum Gasteiger partial charge on any atom is 0.256 e. The van der Waals surface area contributed by atoms with Gasteiger partial charge >= 0.3 is 0 Å². The van der Waals surface area contributed by atoms with E-state index in [2.05, 4.69) is 16.0 Å². The summed E-state index contributed by atoms with van der Waals surface area (Å²) in [7, 11) is 0. The van der Waals surface area contributed by atoms with Gasteiger partial charge in [0.2, 0.25) is 0 Å². The fourth-order valence-electron chi connectivity index (χ4n) is 3.50. The predicted molar refractivity (Wildman–Crippen MR) is 119 cm³/mol. The summed E-state index contributed by atoms with van der Waals surface area (Å²) in [5.74, 6) is -1.36. The zero-order valence-corrected chi connectivity index (χ0v) is 17.6. The number of halogens is 2. The van der Waals surface area contributed by atoms with Gasteiger partial charge in [-0.25, -0.2) is 0 Å². The minimum absolute atomic E-state index is 0.159. The molecule has 1 atom stereocenters. The third-order valence-corrected chi connectivity index (χ3v) is 5.51. The fourth-order valence-corrected chi connectivity index (χ4v) is 3.88. The SMILES string of the molecule is O=C(NCC1(NC(=O)c2cccc(Cl)c2)C(=O)Nc2ccccc21)c1cccc(Cl)c1. The molecule has 0 fully saturated rings. The van der Waals surface area contributed by atoms with E-state index in [0.29, 0.717) is 32.4 Å². The molecule has 0 saturated heterocycles. The number of para-hydroxylation sites is 1. The highest BCUT2D eigenvalue weighted by molar-refractivity contribution is 6.31. The molecule has 0 spiro atoms. The van der Waals surface area contributed by atoms with Crippen LogP contribution in [0.2, 0.25) is 10.0 Å². The molecule has 31 heavy (non-hydrogen) atoms. The normalized spacial score (nSPS) is 16.9. The number of anilines is 1. The van der Waals surface area contributed by atoms with Crippen LogP contribution < -0.4 is 16.0 Å². The standard InChI is InChI=1S/C23H17Cl2N3O3/c24-16-7-3-5-14(11-16)20(29)26-13-23(18-9-1-2-10-19(18)27-22(23)31)28-21(30)15-6-4-8-17(25)12-15/h1-12H,13H2,(H,26,29)(H,27,31)(H,28,30). The Kier molecular flexibility index (Phi) is 5.67. The molecule has 0 aromatic heterocycles. The molecule has 0 aliphatic carbocycles. The Morgan fingerprint density at radius 3 is 2.10 bits per heavy atom. The van der Waals surface area contributed by atoms with Crippen LogP contribution >= 0.6 is 23.2 Å². The van der Waals surface area contributed by atoms with Crippen molar-refractivity contribution in [3.05, 3.63) is 99.5 Å². The van der Waals surface area contributed by atoms with E-state index in [-0.39, 0.29) is 6.54 Å². The van der Waals surface area contributed by atoms with Gasteiger partial charge in [-0.1, -0.05) is 53.5 Å². The summed E-state index contributed by atoms with van der Waals surface area (Å²) in [4.78, 5) is 38.7. The quantitative estimate of drug-likeness (QED) is 0.545. The van der Waals surface area contributed by atoms with Crippen LogP contribution in [0.25, 0.3) is 0 Å². The van der Waals surface area contributed by atoms with E-state index in [9.17, 15) is 14.4 Å². The smallest absolute Gasteiger partial charge is 0.256 e. The van der Waals surface area contributed by atoms with E-state index in [1.54, 1.807) is 60.7 Å². The third-order valence-electron chi connectivity index (χ3n) is 5.04. The lowest BCUT2D eigenvalue weighted by Crippen LogP contribution is -2.57. The van der Waals surface area contributed by atoms with Crippen molar-refractivity contribution in [1.82, 2.24) is 10.6 Å². The first kappa shape index (κ1) is 20.9. The topological polar surface area (TPSA) is 87.3 Å². The molecule has 0 saturated carbocycles. The van der Waals surface area contributed by atoms with Crippen molar-refractivity contribution < 1.29 is 14.4 Å². The van der Waals surface area contributed by atoms with E-state index < -0.39 is 23.3 Å². The molecule has 0 bridgehead atoms. The fraction of sp³-hybridized carbons (Fsp3) is 0.0870. The van der Waals surface area contributed by atoms with Crippen molar-refractivity contribution in [1.29, 1.82) is 0 Å². The summed E-state index contributed by atoms with van der Waals surface area (Å²) in [6.45, 7) is -0.159. The van der Waals surface area contributed by atoms with Crippen molar-refractivity contribution in [3.63, 3.8) is 0 Å². The van der Waals surface area contributed by atoms with E-state index >= 15 is 0 Å². The van der Waals surface area contributed by atoms with Crippen LogP contribution in [0.5, 0.6) is 0 Å². The van der Waals surface area contributed by atoms with Gasteiger partial charge in [0.25, 0.3) is 17.7 Å². The molecule has 0 radical (unpaired) electrons. The first-order valence-electron chi connectivity index (χ1n) is 9.42. The first-order chi connectivity index (χ1) is 14.9. The number of carbonyl (C=O) groups is 3. The molecular weight excluding hydrogens is 437 g/mol. The minimum Gasteiger partial charge on any atom is -0.349 e. The van der Waals surface area contributed by atoms with Gasteiger partial charge in [0.1, 0.15) is 0 Å². The van der Waals surface area contributed by atoms with Crippen LogP contribution in [0, 0.1) is 0 Å². The van der Waals surface area contributed by atoms with Gasteiger partial charge in [-0.05, 0) is 42.5 Å². The molecule has 1 unspecified atom stereocenters. The predicted octanol–water partition coefficient (Wildman–Crippen LogP) is 4.00. The zero-order chi connectivity index (χ0) is 22.0. The Hall–Kier alpha value is -3.35. The highest BCUT2D eigenvalue weighted by atomic mass is 35.5. The van der Waals surface area contributed by atoms with Crippen molar-refractivity contribution in [2.45, 2.75) is 5.54 Å². The third kappa shape index (κ3) is 4.13. The van der Waals surface area contributed by atoms with Gasteiger partial charge in [0, 0.05) is 32.4 Å². The Bertz CT molecular complexity index is 1200. The number of hydrogen-bond acceptors (Lipinski definition) is 3. The number of rotatable bonds is 5. The van der Waals surface area contributed by atoms with Gasteiger partial charge in [0.05, 0.1) is 6.54 Å². The van der Waals surface area contributed by atoms with Crippen LogP contribution in [0.15, 0.2) is 72.8 Å². The van der Waals surface area contributed by atoms with E-state index in [1.165, 1.54) is 12.1 Å². The average molecular weight is 454 g/mol. The number of amides is 3. The van der Waals surface area contributed by atoms with Crippen LogP contribution in [0.3, 0.4) is 0 Å². The van der Waals surface area contributed by atoms with Gasteiger partial charge in [-0.2, -0.15) is 0 Å². The summed E-state index contributed by atoms with van der Waals surface area (Å²) in [5.41, 5.74) is 0.267. The Morgan fingerprint density at radius 2 is 1.45 bits per heavy atom. The molecule has 156 valence electrons. The van der Waals surface area contributed by atoms with Crippen LogP contribution in [0.1, 0.15) is 26.3 Å². The minimum atomic E-state index is -1.50. The molecule has 3 N–H and O–H groups in total. The largest absolute Gasteiger partial charge is 0.349 e. The van der Waals surface area contributed by atoms with E-state index in [4.69, 9.17) is 23.2 Å². The number of nitrogens with one attached hydrogen (secondary N) is 3. The summed E-state index contributed by atoms with van der Waals surface area (Å²) in [5, 5.41) is 9.15. The van der Waals surface area contributed by atoms with Gasteiger partial charge in [-0.3, -0.25) is 14.4 Å². The average Bonchev–Trinajstić information content (AvgIpc) is 3.03. The van der Waals surface area contributed by atoms with Gasteiger partial charge in [-0.15, -0.1) is 0 Å². The second-order valence-corrected chi connectivity index (χ2v) is 7.94. The van der Waals surface area contributed by atoms with Crippen molar-refractivity contribution >= 4 is 46.6 Å². The maximum absolute atomic E-state index is 13.1. The second-order valence-electron chi connectivity index (χ2n) is 7.06. The number of hydrogen-bond donors (Lipinski definition) is 3. The number of benzene rings is 3. The van der Waals surface area contributed by atoms with E-state index in [1.807, 2.05) is 0 Å². The molecular formula is C23H17Cl2N3O3. The Labute approximate surface area is 188 Å². The lowest BCUT2D eigenvalue weighted by Gasteiger charge is -2.29. The van der Waals surface area contributed by atoms with Crippen molar-refractivity contribution in [2.24, 2.45) is 0 Å².